The second kappa shape index (κ2) is 11.5. The van der Waals surface area contributed by atoms with Crippen molar-refractivity contribution in [2.75, 3.05) is 6.61 Å². The van der Waals surface area contributed by atoms with Gasteiger partial charge in [-0.25, -0.2) is 4.98 Å². The molecule has 0 saturated carbocycles. The SMILES string of the molecule is CCC(CC)C(=O)NC(C)c1nc2ccccc2n1CCCCOc1ccc(C(C)(C)C)cc1. The van der Waals surface area contributed by atoms with Gasteiger partial charge in [-0.1, -0.05) is 58.9 Å². The van der Waals surface area contributed by atoms with Crippen LogP contribution in [0.5, 0.6) is 5.75 Å². The molecule has 2 aromatic carbocycles. The standard InChI is InChI=1S/C29H41N3O2/c1-7-22(8-2)28(33)30-21(3)27-31-25-13-9-10-14-26(25)32(27)19-11-12-20-34-24-17-15-23(16-18-24)29(4,5)6/h9-10,13-18,21-22H,7-8,11-12,19-20H2,1-6H3,(H,30,33). The number of fused-ring (bicyclic) bond motifs is 1. The second-order valence-electron chi connectivity index (χ2n) is 10.2. The van der Waals surface area contributed by atoms with Gasteiger partial charge in [0.2, 0.25) is 5.91 Å². The van der Waals surface area contributed by atoms with Gasteiger partial charge < -0.3 is 14.6 Å². The molecule has 1 heterocycles. The Balaban J connectivity index is 1.61. The number of nitrogens with one attached hydrogen (secondary N) is 1. The predicted molar refractivity (Wildman–Crippen MR) is 140 cm³/mol. The zero-order chi connectivity index (χ0) is 24.7. The highest BCUT2D eigenvalue weighted by Crippen LogP contribution is 2.25. The number of ether oxygens (including phenoxy) is 1. The number of nitrogens with zero attached hydrogens (tertiary/aromatic N) is 2. The molecule has 0 radical (unpaired) electrons. The maximum absolute atomic E-state index is 12.7. The summed E-state index contributed by atoms with van der Waals surface area (Å²) in [6.45, 7) is 14.3. The molecule has 5 heteroatoms. The number of unbranched alkanes of at least 4 members (excludes halogenated alkanes) is 1. The smallest absolute Gasteiger partial charge is 0.223 e. The van der Waals surface area contributed by atoms with E-state index in [1.54, 1.807) is 0 Å². The Hall–Kier alpha value is -2.82. The molecule has 3 aromatic rings. The summed E-state index contributed by atoms with van der Waals surface area (Å²) in [5, 5.41) is 3.19. The Labute approximate surface area is 204 Å². The average Bonchev–Trinajstić information content (AvgIpc) is 3.18. The van der Waals surface area contributed by atoms with Crippen molar-refractivity contribution < 1.29 is 9.53 Å². The van der Waals surface area contributed by atoms with Crippen molar-refractivity contribution >= 4 is 16.9 Å². The molecule has 0 fully saturated rings. The van der Waals surface area contributed by atoms with E-state index in [4.69, 9.17) is 9.72 Å². The van der Waals surface area contributed by atoms with Crippen molar-refractivity contribution in [3.8, 4) is 5.75 Å². The van der Waals surface area contributed by atoms with Crippen molar-refractivity contribution in [3.05, 3.63) is 59.9 Å². The molecule has 0 aliphatic carbocycles. The van der Waals surface area contributed by atoms with Crippen molar-refractivity contribution in [1.29, 1.82) is 0 Å². The van der Waals surface area contributed by atoms with Crippen LogP contribution in [0.1, 0.15) is 84.7 Å². The largest absolute Gasteiger partial charge is 0.494 e. The summed E-state index contributed by atoms with van der Waals surface area (Å²) in [4.78, 5) is 17.5. The van der Waals surface area contributed by atoms with Crippen LogP contribution in [0.4, 0.5) is 0 Å². The molecule has 184 valence electrons. The number of rotatable bonds is 11. The van der Waals surface area contributed by atoms with Crippen LogP contribution in [0.25, 0.3) is 11.0 Å². The fourth-order valence-electron chi connectivity index (χ4n) is 4.33. The van der Waals surface area contributed by atoms with E-state index in [1.807, 2.05) is 25.1 Å². The third-order valence-corrected chi connectivity index (χ3v) is 6.55. The summed E-state index contributed by atoms with van der Waals surface area (Å²) < 4.78 is 8.24. The summed E-state index contributed by atoms with van der Waals surface area (Å²) in [5.41, 5.74) is 3.54. The molecule has 0 spiro atoms. The Morgan fingerprint density at radius 1 is 1.03 bits per heavy atom. The van der Waals surface area contributed by atoms with Gasteiger partial charge in [0.25, 0.3) is 0 Å². The number of amides is 1. The zero-order valence-electron chi connectivity index (χ0n) is 21.7. The highest BCUT2D eigenvalue weighted by atomic mass is 16.5. The van der Waals surface area contributed by atoms with Crippen LogP contribution in [0.3, 0.4) is 0 Å². The van der Waals surface area contributed by atoms with E-state index in [9.17, 15) is 4.79 Å². The number of aromatic nitrogens is 2. The summed E-state index contributed by atoms with van der Waals surface area (Å²) in [6, 6.07) is 16.5. The molecule has 0 saturated heterocycles. The van der Waals surface area contributed by atoms with Gasteiger partial charge >= 0.3 is 0 Å². The lowest BCUT2D eigenvalue weighted by molar-refractivity contribution is -0.125. The first-order valence-electron chi connectivity index (χ1n) is 12.7. The highest BCUT2D eigenvalue weighted by molar-refractivity contribution is 5.79. The Kier molecular flexibility index (Phi) is 8.76. The van der Waals surface area contributed by atoms with Gasteiger partial charge in [0.1, 0.15) is 11.6 Å². The van der Waals surface area contributed by atoms with Gasteiger partial charge in [-0.05, 0) is 67.9 Å². The molecule has 0 aliphatic rings. The van der Waals surface area contributed by atoms with Crippen LogP contribution in [0.2, 0.25) is 0 Å². The lowest BCUT2D eigenvalue weighted by atomic mass is 9.87. The number of benzene rings is 2. The third-order valence-electron chi connectivity index (χ3n) is 6.55. The fourth-order valence-corrected chi connectivity index (χ4v) is 4.33. The van der Waals surface area contributed by atoms with Gasteiger partial charge in [0, 0.05) is 12.5 Å². The first kappa shape index (κ1) is 25.8. The van der Waals surface area contributed by atoms with Crippen LogP contribution >= 0.6 is 0 Å². The molecule has 34 heavy (non-hydrogen) atoms. The molecule has 0 aliphatic heterocycles. The molecule has 5 nitrogen and oxygen atoms in total. The molecule has 1 N–H and O–H groups in total. The van der Waals surface area contributed by atoms with E-state index in [0.29, 0.717) is 6.61 Å². The molecular formula is C29H41N3O2. The van der Waals surface area contributed by atoms with E-state index in [0.717, 1.165) is 54.8 Å². The number of imidazole rings is 1. The van der Waals surface area contributed by atoms with Crippen molar-refractivity contribution in [3.63, 3.8) is 0 Å². The molecular weight excluding hydrogens is 422 g/mol. The van der Waals surface area contributed by atoms with Gasteiger partial charge in [-0.15, -0.1) is 0 Å². The van der Waals surface area contributed by atoms with E-state index >= 15 is 0 Å². The number of carbonyl (C=O) groups excluding carboxylic acids is 1. The summed E-state index contributed by atoms with van der Waals surface area (Å²) in [6.07, 6.45) is 3.62. The molecule has 0 bridgehead atoms. The van der Waals surface area contributed by atoms with E-state index in [2.05, 4.69) is 74.8 Å². The number of para-hydroxylation sites is 2. The topological polar surface area (TPSA) is 56.2 Å². The Bertz CT molecular complexity index is 1060. The number of hydrogen-bond donors (Lipinski definition) is 1. The van der Waals surface area contributed by atoms with Crippen LogP contribution in [-0.2, 0) is 16.8 Å². The Morgan fingerprint density at radius 3 is 2.35 bits per heavy atom. The van der Waals surface area contributed by atoms with Crippen molar-refractivity contribution in [2.45, 2.75) is 85.2 Å². The quantitative estimate of drug-likeness (QED) is 0.318. The zero-order valence-corrected chi connectivity index (χ0v) is 21.7. The summed E-state index contributed by atoms with van der Waals surface area (Å²) >= 11 is 0. The maximum Gasteiger partial charge on any atom is 0.223 e. The van der Waals surface area contributed by atoms with Gasteiger partial charge in [0.15, 0.2) is 0 Å². The van der Waals surface area contributed by atoms with Crippen molar-refractivity contribution in [1.82, 2.24) is 14.9 Å². The normalized spacial score (nSPS) is 12.8. The monoisotopic (exact) mass is 463 g/mol. The first-order chi connectivity index (χ1) is 16.2. The summed E-state index contributed by atoms with van der Waals surface area (Å²) in [5.74, 6) is 2.00. The minimum Gasteiger partial charge on any atom is -0.494 e. The maximum atomic E-state index is 12.7. The van der Waals surface area contributed by atoms with Gasteiger partial charge in [0.05, 0.1) is 23.7 Å². The van der Waals surface area contributed by atoms with Gasteiger partial charge in [-0.2, -0.15) is 0 Å². The predicted octanol–water partition coefficient (Wildman–Crippen LogP) is 6.81. The first-order valence-corrected chi connectivity index (χ1v) is 12.7. The molecule has 1 aromatic heterocycles. The fraction of sp³-hybridized carbons (Fsp3) is 0.517. The number of carbonyl (C=O) groups is 1. The molecule has 1 unspecified atom stereocenters. The number of aryl methyl sites for hydroxylation is 1. The minimum absolute atomic E-state index is 0.0508. The van der Waals surface area contributed by atoms with Crippen LogP contribution in [0.15, 0.2) is 48.5 Å². The highest BCUT2D eigenvalue weighted by Gasteiger charge is 2.21. The summed E-state index contributed by atoms with van der Waals surface area (Å²) in [7, 11) is 0. The Morgan fingerprint density at radius 2 is 1.71 bits per heavy atom. The molecule has 3 rings (SSSR count). The van der Waals surface area contributed by atoms with E-state index < -0.39 is 0 Å². The van der Waals surface area contributed by atoms with E-state index in [1.165, 1.54) is 5.56 Å². The van der Waals surface area contributed by atoms with Crippen LogP contribution in [0, 0.1) is 5.92 Å². The average molecular weight is 464 g/mol. The van der Waals surface area contributed by atoms with Gasteiger partial charge in [-0.3, -0.25) is 4.79 Å². The number of hydrogen-bond acceptors (Lipinski definition) is 3. The third kappa shape index (κ3) is 6.40. The lowest BCUT2D eigenvalue weighted by Gasteiger charge is -2.20. The van der Waals surface area contributed by atoms with Crippen LogP contribution < -0.4 is 10.1 Å². The van der Waals surface area contributed by atoms with E-state index in [-0.39, 0.29) is 23.3 Å². The minimum atomic E-state index is -0.141. The molecule has 1 amide bonds. The second-order valence-corrected chi connectivity index (χ2v) is 10.2. The van der Waals surface area contributed by atoms with Crippen molar-refractivity contribution in [2.24, 2.45) is 5.92 Å². The van der Waals surface area contributed by atoms with Crippen LogP contribution in [-0.4, -0.2) is 22.1 Å². The molecule has 1 atom stereocenters. The lowest BCUT2D eigenvalue weighted by Crippen LogP contribution is -2.33.